The van der Waals surface area contributed by atoms with Gasteiger partial charge in [-0.2, -0.15) is 0 Å². The van der Waals surface area contributed by atoms with E-state index in [9.17, 15) is 18.0 Å². The highest BCUT2D eigenvalue weighted by Crippen LogP contribution is 2.45. The molecule has 0 heterocycles. The van der Waals surface area contributed by atoms with Gasteiger partial charge in [-0.15, -0.1) is 0 Å². The van der Waals surface area contributed by atoms with E-state index < -0.39 is 15.9 Å². The van der Waals surface area contributed by atoms with Crippen molar-refractivity contribution in [3.63, 3.8) is 0 Å². The van der Waals surface area contributed by atoms with Crippen LogP contribution in [-0.4, -0.2) is 38.6 Å². The average Bonchev–Trinajstić information content (AvgIpc) is 3.29. The molecule has 0 aliphatic heterocycles. The number of rotatable bonds is 12. The van der Waals surface area contributed by atoms with Crippen molar-refractivity contribution >= 4 is 21.8 Å². The van der Waals surface area contributed by atoms with Gasteiger partial charge in [-0.1, -0.05) is 76.9 Å². The van der Waals surface area contributed by atoms with Crippen LogP contribution in [0.25, 0.3) is 11.1 Å². The normalized spacial score (nSPS) is 20.2. The Balaban J connectivity index is 1.55. The Kier molecular flexibility index (Phi) is 9.83. The molecular formula is C33H46N2O5S. The minimum atomic E-state index is -3.67. The number of carbonyl (C=O) groups excluding carboxylic acids is 2. The first-order valence-corrected chi connectivity index (χ1v) is 16.9. The Hall–Kier alpha value is -2.87. The molecule has 0 bridgehead atoms. The zero-order valence-corrected chi connectivity index (χ0v) is 26.0. The van der Waals surface area contributed by atoms with Crippen molar-refractivity contribution in [3.05, 3.63) is 53.6 Å². The minimum Gasteiger partial charge on any atom is -0.490 e. The van der Waals surface area contributed by atoms with E-state index in [2.05, 4.69) is 42.9 Å². The second-order valence-electron chi connectivity index (χ2n) is 12.9. The molecule has 224 valence electrons. The maximum absolute atomic E-state index is 12.9. The van der Waals surface area contributed by atoms with Crippen molar-refractivity contribution in [2.45, 2.75) is 104 Å². The lowest BCUT2D eigenvalue weighted by atomic mass is 9.76. The van der Waals surface area contributed by atoms with Gasteiger partial charge in [0.15, 0.2) is 0 Å². The number of ether oxygens (including phenoxy) is 1. The standard InChI is InChI=1S/C33H46N2O5S/c1-6-33(3,4)21-22(2)32(37)34-25-17-18-26(20-25)40-29-16-10-13-24(19-30(36)35-41(5,38)39)31(29)28-15-8-7-14-27(28)23-11-9-12-23/h7-8,10,13-16,22-23,25-26H,6,9,11-12,17-21H2,1-5H3,(H,34,37)(H,35,36)/t22-,25+,26+/m0/s1. The van der Waals surface area contributed by atoms with Gasteiger partial charge in [-0.25, -0.2) is 8.42 Å². The summed E-state index contributed by atoms with van der Waals surface area (Å²) in [5.74, 6) is 0.635. The summed E-state index contributed by atoms with van der Waals surface area (Å²) in [6.45, 7) is 8.58. The molecule has 3 atom stereocenters. The lowest BCUT2D eigenvalue weighted by Gasteiger charge is -2.29. The second-order valence-corrected chi connectivity index (χ2v) is 14.6. The molecule has 8 heteroatoms. The van der Waals surface area contributed by atoms with Crippen molar-refractivity contribution in [1.29, 1.82) is 0 Å². The molecular weight excluding hydrogens is 536 g/mol. The molecule has 2 aromatic rings. The summed E-state index contributed by atoms with van der Waals surface area (Å²) in [7, 11) is -3.67. The summed E-state index contributed by atoms with van der Waals surface area (Å²) in [6, 6.07) is 14.0. The number of amides is 2. The Labute approximate surface area is 245 Å². The summed E-state index contributed by atoms with van der Waals surface area (Å²) in [4.78, 5) is 25.6. The number of hydrogen-bond acceptors (Lipinski definition) is 5. The van der Waals surface area contributed by atoms with Crippen LogP contribution in [0.2, 0.25) is 0 Å². The lowest BCUT2D eigenvalue weighted by molar-refractivity contribution is -0.126. The van der Waals surface area contributed by atoms with Crippen LogP contribution in [0.3, 0.4) is 0 Å². The Morgan fingerprint density at radius 1 is 1.05 bits per heavy atom. The summed E-state index contributed by atoms with van der Waals surface area (Å²) < 4.78 is 32.2. The van der Waals surface area contributed by atoms with E-state index in [1.807, 2.05) is 37.3 Å². The molecule has 2 aliphatic carbocycles. The van der Waals surface area contributed by atoms with Crippen LogP contribution in [0.5, 0.6) is 5.75 Å². The quantitative estimate of drug-likeness (QED) is 0.314. The smallest absolute Gasteiger partial charge is 0.237 e. The first-order valence-electron chi connectivity index (χ1n) is 15.0. The zero-order valence-electron chi connectivity index (χ0n) is 25.2. The average molecular weight is 583 g/mol. The number of sulfonamides is 1. The molecule has 0 spiro atoms. The van der Waals surface area contributed by atoms with Crippen molar-refractivity contribution in [3.8, 4) is 16.9 Å². The van der Waals surface area contributed by atoms with Gasteiger partial charge in [-0.3, -0.25) is 14.3 Å². The molecule has 0 aromatic heterocycles. The largest absolute Gasteiger partial charge is 0.490 e. The summed E-state index contributed by atoms with van der Waals surface area (Å²) >= 11 is 0. The van der Waals surface area contributed by atoms with Crippen molar-refractivity contribution in [1.82, 2.24) is 10.0 Å². The molecule has 2 aromatic carbocycles. The molecule has 41 heavy (non-hydrogen) atoms. The predicted molar refractivity (Wildman–Crippen MR) is 163 cm³/mol. The highest BCUT2D eigenvalue weighted by atomic mass is 32.2. The number of benzene rings is 2. The number of nitrogens with one attached hydrogen (secondary N) is 2. The van der Waals surface area contributed by atoms with Crippen LogP contribution in [0.4, 0.5) is 0 Å². The topological polar surface area (TPSA) is 102 Å². The number of carbonyl (C=O) groups is 2. The Bertz CT molecular complexity index is 1350. The maximum atomic E-state index is 12.9. The molecule has 2 aliphatic rings. The minimum absolute atomic E-state index is 0.0470. The first-order chi connectivity index (χ1) is 19.3. The van der Waals surface area contributed by atoms with Gasteiger partial charge < -0.3 is 10.1 Å². The van der Waals surface area contributed by atoms with Crippen LogP contribution in [-0.2, 0) is 26.0 Å². The third kappa shape index (κ3) is 8.34. The zero-order chi connectivity index (χ0) is 29.8. The highest BCUT2D eigenvalue weighted by molar-refractivity contribution is 7.89. The van der Waals surface area contributed by atoms with Gasteiger partial charge >= 0.3 is 0 Å². The molecule has 2 fully saturated rings. The monoisotopic (exact) mass is 582 g/mol. The summed E-state index contributed by atoms with van der Waals surface area (Å²) in [5, 5.41) is 3.26. The van der Waals surface area contributed by atoms with E-state index in [-0.39, 0.29) is 35.8 Å². The van der Waals surface area contributed by atoms with Gasteiger partial charge in [-0.05, 0) is 66.2 Å². The van der Waals surface area contributed by atoms with Crippen molar-refractivity contribution < 1.29 is 22.7 Å². The van der Waals surface area contributed by atoms with Gasteiger partial charge in [0.05, 0.1) is 12.7 Å². The lowest BCUT2D eigenvalue weighted by Crippen LogP contribution is -2.38. The summed E-state index contributed by atoms with van der Waals surface area (Å²) in [6.07, 6.45) is 8.57. The fourth-order valence-corrected chi connectivity index (χ4v) is 6.60. The van der Waals surface area contributed by atoms with Crippen LogP contribution in [0.1, 0.15) is 96.1 Å². The van der Waals surface area contributed by atoms with E-state index in [1.165, 1.54) is 12.0 Å². The van der Waals surface area contributed by atoms with E-state index in [0.29, 0.717) is 11.7 Å². The predicted octanol–water partition coefficient (Wildman–Crippen LogP) is 6.12. The molecule has 2 amide bonds. The van der Waals surface area contributed by atoms with Crippen LogP contribution in [0, 0.1) is 11.3 Å². The molecule has 4 rings (SSSR count). The Morgan fingerprint density at radius 3 is 2.44 bits per heavy atom. The first kappa shape index (κ1) is 31.1. The van der Waals surface area contributed by atoms with Gasteiger partial charge in [0.25, 0.3) is 0 Å². The van der Waals surface area contributed by atoms with Crippen LogP contribution >= 0.6 is 0 Å². The Morgan fingerprint density at radius 2 is 1.78 bits per heavy atom. The van der Waals surface area contributed by atoms with Gasteiger partial charge in [0.1, 0.15) is 11.9 Å². The van der Waals surface area contributed by atoms with Gasteiger partial charge in [0, 0.05) is 23.9 Å². The fraction of sp³-hybridized carbons (Fsp3) is 0.576. The summed E-state index contributed by atoms with van der Waals surface area (Å²) in [5.41, 5.74) is 3.98. The van der Waals surface area contributed by atoms with E-state index in [4.69, 9.17) is 4.74 Å². The SMILES string of the molecule is CCC(C)(C)C[C@H](C)C(=O)N[C@@H]1CC[C@@H](Oc2cccc(CC(=O)NS(C)(=O)=O)c2-c2ccccc2C2CCC2)C1. The van der Waals surface area contributed by atoms with Crippen molar-refractivity contribution in [2.24, 2.45) is 11.3 Å². The molecule has 0 unspecified atom stereocenters. The fourth-order valence-electron chi connectivity index (χ4n) is 6.11. The second kappa shape index (κ2) is 13.0. The third-order valence-corrected chi connectivity index (χ3v) is 9.42. The van der Waals surface area contributed by atoms with E-state index >= 15 is 0 Å². The van der Waals surface area contributed by atoms with Crippen LogP contribution < -0.4 is 14.8 Å². The molecule has 0 radical (unpaired) electrons. The van der Waals surface area contributed by atoms with Crippen LogP contribution in [0.15, 0.2) is 42.5 Å². The van der Waals surface area contributed by atoms with E-state index in [0.717, 1.165) is 67.9 Å². The molecule has 0 saturated heterocycles. The third-order valence-electron chi connectivity index (χ3n) is 8.83. The van der Waals surface area contributed by atoms with Crippen molar-refractivity contribution in [2.75, 3.05) is 6.26 Å². The van der Waals surface area contributed by atoms with Gasteiger partial charge in [0.2, 0.25) is 21.8 Å². The number of hydrogen-bond donors (Lipinski definition) is 2. The maximum Gasteiger partial charge on any atom is 0.237 e. The van der Waals surface area contributed by atoms with E-state index in [1.54, 1.807) is 0 Å². The molecule has 2 saturated carbocycles. The highest BCUT2D eigenvalue weighted by Gasteiger charge is 2.32. The molecule has 7 nitrogen and oxygen atoms in total. The molecule has 2 N–H and O–H groups in total.